The van der Waals surface area contributed by atoms with Crippen LogP contribution in [0.2, 0.25) is 0 Å². The lowest BCUT2D eigenvalue weighted by atomic mass is 9.91. The predicted octanol–water partition coefficient (Wildman–Crippen LogP) is 4.25. The minimum atomic E-state index is -4.41. The molecule has 1 amide bonds. The number of piperidine rings is 1. The van der Waals surface area contributed by atoms with Crippen molar-refractivity contribution in [2.45, 2.75) is 64.0 Å². The van der Waals surface area contributed by atoms with Gasteiger partial charge in [-0.15, -0.1) is 0 Å². The van der Waals surface area contributed by atoms with Crippen molar-refractivity contribution < 1.29 is 27.4 Å². The first-order valence-electron chi connectivity index (χ1n) is 8.61. The number of aryl methyl sites for hydroxylation is 1. The minimum absolute atomic E-state index is 0.0932. The quantitative estimate of drug-likeness (QED) is 0.692. The van der Waals surface area contributed by atoms with E-state index in [2.05, 4.69) is 4.98 Å². The highest BCUT2D eigenvalue weighted by Crippen LogP contribution is 2.55. The summed E-state index contributed by atoms with van der Waals surface area (Å²) in [7, 11) is 0. The van der Waals surface area contributed by atoms with Crippen molar-refractivity contribution in [1.29, 1.82) is 0 Å². The Morgan fingerprint density at radius 2 is 1.92 bits per heavy atom. The van der Waals surface area contributed by atoms with Gasteiger partial charge in [-0.1, -0.05) is 0 Å². The first kappa shape index (κ1) is 18.9. The van der Waals surface area contributed by atoms with Crippen LogP contribution in [0.1, 0.15) is 56.5 Å². The second-order valence-electron chi connectivity index (χ2n) is 7.95. The zero-order chi connectivity index (χ0) is 19.3. The highest BCUT2D eigenvalue weighted by atomic mass is 19.4. The predicted molar refractivity (Wildman–Crippen MR) is 87.6 cm³/mol. The van der Waals surface area contributed by atoms with Crippen molar-refractivity contribution in [3.8, 4) is 0 Å². The summed E-state index contributed by atoms with van der Waals surface area (Å²) in [6.07, 6.45) is -2.91. The van der Waals surface area contributed by atoms with Gasteiger partial charge in [0.25, 0.3) is 0 Å². The zero-order valence-electron chi connectivity index (χ0n) is 15.3. The molecule has 0 radical (unpaired) electrons. The summed E-state index contributed by atoms with van der Waals surface area (Å²) in [5.41, 5.74) is -1.38. The molecule has 3 heterocycles. The first-order chi connectivity index (χ1) is 11.9. The van der Waals surface area contributed by atoms with Crippen molar-refractivity contribution in [1.82, 2.24) is 9.88 Å². The number of epoxide rings is 1. The number of halogens is 3. The van der Waals surface area contributed by atoms with Crippen LogP contribution in [0, 0.1) is 6.92 Å². The van der Waals surface area contributed by atoms with Crippen LogP contribution in [-0.4, -0.2) is 40.3 Å². The average Bonchev–Trinajstić information content (AvgIpc) is 3.19. The molecule has 1 atom stereocenters. The Morgan fingerprint density at radius 3 is 2.46 bits per heavy atom. The number of carbonyl (C=O) groups excluding carboxylic acids is 1. The summed E-state index contributed by atoms with van der Waals surface area (Å²) >= 11 is 0. The molecule has 3 rings (SSSR count). The lowest BCUT2D eigenvalue weighted by Crippen LogP contribution is -2.44. The van der Waals surface area contributed by atoms with Gasteiger partial charge in [0, 0.05) is 19.3 Å². The molecule has 0 bridgehead atoms. The van der Waals surface area contributed by atoms with Gasteiger partial charge < -0.3 is 14.4 Å². The summed E-state index contributed by atoms with van der Waals surface area (Å²) in [6, 6.07) is 1.08. The number of likely N-dealkylation sites (tertiary alicyclic amines) is 1. The van der Waals surface area contributed by atoms with E-state index >= 15 is 0 Å². The number of rotatable bonds is 1. The van der Waals surface area contributed by atoms with Gasteiger partial charge in [0.05, 0.1) is 11.3 Å². The smallest absolute Gasteiger partial charge is 0.416 e. The third-order valence-corrected chi connectivity index (χ3v) is 4.73. The van der Waals surface area contributed by atoms with E-state index in [4.69, 9.17) is 9.47 Å². The number of hydrogen-bond acceptors (Lipinski definition) is 4. The summed E-state index contributed by atoms with van der Waals surface area (Å²) in [4.78, 5) is 17.9. The van der Waals surface area contributed by atoms with E-state index < -0.39 is 29.0 Å². The Morgan fingerprint density at radius 1 is 1.31 bits per heavy atom. The largest absolute Gasteiger partial charge is 0.444 e. The lowest BCUT2D eigenvalue weighted by molar-refractivity contribution is -0.138. The maximum Gasteiger partial charge on any atom is 0.416 e. The van der Waals surface area contributed by atoms with E-state index in [0.717, 1.165) is 6.07 Å². The molecule has 8 heteroatoms. The van der Waals surface area contributed by atoms with E-state index in [-0.39, 0.29) is 11.7 Å². The molecular formula is C18H23F3N2O3. The van der Waals surface area contributed by atoms with Crippen LogP contribution in [0.5, 0.6) is 0 Å². The Labute approximate surface area is 150 Å². The van der Waals surface area contributed by atoms with E-state index in [0.29, 0.717) is 31.6 Å². The zero-order valence-corrected chi connectivity index (χ0v) is 15.3. The van der Waals surface area contributed by atoms with Crippen LogP contribution in [0.15, 0.2) is 12.3 Å². The Bertz CT molecular complexity index is 705. The standard InChI is InChI=1S/C18H23F3N2O3/c1-11-10-22-13(9-12(11)18(19,20)21)14-17(25-14)5-7-23(8-6-17)15(24)26-16(2,3)4/h9-10,14H,5-8H2,1-4H3. The third kappa shape index (κ3) is 3.79. The molecule has 0 aromatic carbocycles. The number of hydrogen-bond donors (Lipinski definition) is 0. The number of nitrogens with zero attached hydrogens (tertiary/aromatic N) is 2. The maximum atomic E-state index is 13.1. The van der Waals surface area contributed by atoms with E-state index in [1.165, 1.54) is 13.1 Å². The normalized spacial score (nSPS) is 22.4. The summed E-state index contributed by atoms with van der Waals surface area (Å²) < 4.78 is 50.4. The SMILES string of the molecule is Cc1cnc(C2OC23CCN(C(=O)OC(C)(C)C)CC3)cc1C(F)(F)F. The molecule has 5 nitrogen and oxygen atoms in total. The van der Waals surface area contributed by atoms with Gasteiger partial charge in [-0.25, -0.2) is 4.79 Å². The molecule has 0 N–H and O–H groups in total. The van der Waals surface area contributed by atoms with E-state index in [1.807, 2.05) is 0 Å². The number of ether oxygens (including phenoxy) is 2. The number of pyridine rings is 1. The van der Waals surface area contributed by atoms with Crippen LogP contribution in [0.4, 0.5) is 18.0 Å². The third-order valence-electron chi connectivity index (χ3n) is 4.73. The molecule has 0 aliphatic carbocycles. The van der Waals surface area contributed by atoms with Gasteiger partial charge in [0.15, 0.2) is 0 Å². The fourth-order valence-corrected chi connectivity index (χ4v) is 3.29. The fraction of sp³-hybridized carbons (Fsp3) is 0.667. The number of carbonyl (C=O) groups is 1. The molecular weight excluding hydrogens is 349 g/mol. The fourth-order valence-electron chi connectivity index (χ4n) is 3.29. The summed E-state index contributed by atoms with van der Waals surface area (Å²) in [5, 5.41) is 0. The second kappa shape index (κ2) is 6.11. The van der Waals surface area contributed by atoms with Crippen molar-refractivity contribution in [2.24, 2.45) is 0 Å². The van der Waals surface area contributed by atoms with E-state index in [9.17, 15) is 18.0 Å². The van der Waals surface area contributed by atoms with Gasteiger partial charge >= 0.3 is 12.3 Å². The van der Waals surface area contributed by atoms with Crippen molar-refractivity contribution >= 4 is 6.09 Å². The number of alkyl halides is 3. The lowest BCUT2D eigenvalue weighted by Gasteiger charge is -2.32. The monoisotopic (exact) mass is 372 g/mol. The van der Waals surface area contributed by atoms with Gasteiger partial charge in [-0.3, -0.25) is 4.98 Å². The Kier molecular flexibility index (Phi) is 4.45. The molecule has 2 aliphatic rings. The van der Waals surface area contributed by atoms with Crippen molar-refractivity contribution in [3.05, 3.63) is 29.1 Å². The van der Waals surface area contributed by atoms with Crippen LogP contribution in [0.25, 0.3) is 0 Å². The van der Waals surface area contributed by atoms with Gasteiger partial charge in [0.2, 0.25) is 0 Å². The number of amides is 1. The van der Waals surface area contributed by atoms with Gasteiger partial charge in [-0.05, 0) is 52.2 Å². The highest BCUT2D eigenvalue weighted by Gasteiger charge is 2.59. The average molecular weight is 372 g/mol. The van der Waals surface area contributed by atoms with Gasteiger partial charge in [0.1, 0.15) is 17.3 Å². The molecule has 1 aromatic rings. The molecule has 2 saturated heterocycles. The first-order valence-corrected chi connectivity index (χ1v) is 8.61. The molecule has 2 aliphatic heterocycles. The minimum Gasteiger partial charge on any atom is -0.444 e. The maximum absolute atomic E-state index is 13.1. The molecule has 144 valence electrons. The molecule has 1 unspecified atom stereocenters. The topological polar surface area (TPSA) is 55.0 Å². The number of aromatic nitrogens is 1. The highest BCUT2D eigenvalue weighted by molar-refractivity contribution is 5.68. The molecule has 1 spiro atoms. The second-order valence-corrected chi connectivity index (χ2v) is 7.95. The molecule has 26 heavy (non-hydrogen) atoms. The van der Waals surface area contributed by atoms with Crippen LogP contribution in [0.3, 0.4) is 0 Å². The molecule has 2 fully saturated rings. The Balaban J connectivity index is 1.66. The summed E-state index contributed by atoms with van der Waals surface area (Å²) in [6.45, 7) is 7.70. The summed E-state index contributed by atoms with van der Waals surface area (Å²) in [5.74, 6) is 0. The van der Waals surface area contributed by atoms with Crippen LogP contribution in [-0.2, 0) is 15.7 Å². The van der Waals surface area contributed by atoms with Crippen LogP contribution < -0.4 is 0 Å². The Hall–Kier alpha value is -1.83. The van der Waals surface area contributed by atoms with Gasteiger partial charge in [-0.2, -0.15) is 13.2 Å². The molecule has 1 aromatic heterocycles. The van der Waals surface area contributed by atoms with Crippen molar-refractivity contribution in [3.63, 3.8) is 0 Å². The molecule has 0 saturated carbocycles. The van der Waals surface area contributed by atoms with Crippen LogP contribution >= 0.6 is 0 Å². The van der Waals surface area contributed by atoms with E-state index in [1.54, 1.807) is 25.7 Å². The van der Waals surface area contributed by atoms with Crippen molar-refractivity contribution in [2.75, 3.05) is 13.1 Å².